The van der Waals surface area contributed by atoms with Gasteiger partial charge in [-0.2, -0.15) is 18.3 Å². The van der Waals surface area contributed by atoms with E-state index in [1.165, 1.54) is 36.4 Å². The van der Waals surface area contributed by atoms with Crippen LogP contribution in [0, 0.1) is 0 Å². The van der Waals surface area contributed by atoms with Crippen LogP contribution < -0.4 is 5.14 Å². The molecule has 0 amide bonds. The maximum Gasteiger partial charge on any atom is 0.435 e. The zero-order chi connectivity index (χ0) is 23.7. The third kappa shape index (κ3) is 5.21. The lowest BCUT2D eigenvalue weighted by atomic mass is 10.0. The van der Waals surface area contributed by atoms with Crippen molar-refractivity contribution in [3.8, 4) is 16.9 Å². The van der Waals surface area contributed by atoms with Gasteiger partial charge in [0.05, 0.1) is 22.7 Å². The second-order valence-corrected chi connectivity index (χ2v) is 8.32. The molecule has 32 heavy (non-hydrogen) atoms. The van der Waals surface area contributed by atoms with E-state index >= 15 is 0 Å². The molecule has 3 rings (SSSR count). The largest absolute Gasteiger partial charge is 0.481 e. The average Bonchev–Trinajstić information content (AvgIpc) is 3.17. The summed E-state index contributed by atoms with van der Waals surface area (Å²) < 4.78 is 63.7. The molecule has 8 nitrogen and oxygen atoms in total. The van der Waals surface area contributed by atoms with Crippen molar-refractivity contribution in [3.63, 3.8) is 0 Å². The first-order valence-corrected chi connectivity index (χ1v) is 10.6. The molecule has 0 saturated carbocycles. The van der Waals surface area contributed by atoms with E-state index in [4.69, 9.17) is 10.2 Å². The molecule has 0 atom stereocenters. The monoisotopic (exact) mass is 467 g/mol. The molecule has 0 saturated heterocycles. The van der Waals surface area contributed by atoms with Gasteiger partial charge in [0.15, 0.2) is 11.5 Å². The molecule has 0 aliphatic heterocycles. The van der Waals surface area contributed by atoms with Crippen LogP contribution >= 0.6 is 0 Å². The molecular formula is C20H16F3N3O5S. The molecule has 1 heterocycles. The van der Waals surface area contributed by atoms with E-state index in [0.29, 0.717) is 5.56 Å². The number of nitrogens with zero attached hydrogens (tertiary/aromatic N) is 2. The summed E-state index contributed by atoms with van der Waals surface area (Å²) in [7, 11) is -3.98. The summed E-state index contributed by atoms with van der Waals surface area (Å²) in [5, 5.41) is 17.3. The van der Waals surface area contributed by atoms with Gasteiger partial charge in [0.25, 0.3) is 0 Å². The van der Waals surface area contributed by atoms with Crippen molar-refractivity contribution in [3.05, 3.63) is 65.9 Å². The number of ketones is 1. The fourth-order valence-corrected chi connectivity index (χ4v) is 3.41. The molecule has 2 aromatic carbocycles. The number of carboxylic acids is 1. The number of hydrogen-bond donors (Lipinski definition) is 2. The first-order chi connectivity index (χ1) is 14.9. The van der Waals surface area contributed by atoms with E-state index in [9.17, 15) is 31.2 Å². The summed E-state index contributed by atoms with van der Waals surface area (Å²) in [5.41, 5.74) is -0.438. The molecule has 0 aliphatic rings. The number of nitrogens with two attached hydrogens (primary N) is 1. The highest BCUT2D eigenvalue weighted by Gasteiger charge is 2.35. The van der Waals surface area contributed by atoms with Gasteiger partial charge >= 0.3 is 12.1 Å². The Morgan fingerprint density at radius 1 is 1.00 bits per heavy atom. The topological polar surface area (TPSA) is 132 Å². The zero-order valence-corrected chi connectivity index (χ0v) is 17.0. The van der Waals surface area contributed by atoms with Gasteiger partial charge < -0.3 is 5.11 Å². The highest BCUT2D eigenvalue weighted by molar-refractivity contribution is 7.89. The Balaban J connectivity index is 2.02. The smallest absolute Gasteiger partial charge is 0.435 e. The standard InChI is InChI=1S/C20H16F3N3O5S/c21-20(22,23)18-11-16(12-1-3-13(4-2-12)17(27)9-10-19(28)29)26(25-18)14-5-7-15(8-6-14)32(24,30)31/h1-8,11H,9-10H2,(H,28,29)(H2,24,30,31). The Bertz CT molecular complexity index is 1270. The summed E-state index contributed by atoms with van der Waals surface area (Å²) >= 11 is 0. The number of rotatable bonds is 7. The predicted octanol–water partition coefficient (Wildman–Crippen LogP) is 3.25. The second-order valence-electron chi connectivity index (χ2n) is 6.76. The summed E-state index contributed by atoms with van der Waals surface area (Å²) in [4.78, 5) is 22.4. The van der Waals surface area contributed by atoms with E-state index in [2.05, 4.69) is 5.10 Å². The number of halogens is 3. The van der Waals surface area contributed by atoms with Crippen molar-refractivity contribution in [2.45, 2.75) is 23.9 Å². The molecule has 168 valence electrons. The number of hydrogen-bond acceptors (Lipinski definition) is 5. The van der Waals surface area contributed by atoms with Gasteiger partial charge in [-0.05, 0) is 30.3 Å². The molecule has 0 bridgehead atoms. The van der Waals surface area contributed by atoms with Crippen molar-refractivity contribution < 1.29 is 36.3 Å². The molecule has 12 heteroatoms. The number of aromatic nitrogens is 2. The van der Waals surface area contributed by atoms with Crippen molar-refractivity contribution >= 4 is 21.8 Å². The average molecular weight is 467 g/mol. The Hall–Kier alpha value is -3.51. The van der Waals surface area contributed by atoms with Crippen LogP contribution in [-0.2, 0) is 21.0 Å². The lowest BCUT2D eigenvalue weighted by Crippen LogP contribution is -2.12. The van der Waals surface area contributed by atoms with Gasteiger partial charge in [-0.1, -0.05) is 24.3 Å². The molecule has 0 fully saturated rings. The fraction of sp³-hybridized carbons (Fsp3) is 0.150. The van der Waals surface area contributed by atoms with Gasteiger partial charge in [-0.3, -0.25) is 9.59 Å². The van der Waals surface area contributed by atoms with E-state index in [1.54, 1.807) is 0 Å². The lowest BCUT2D eigenvalue weighted by Gasteiger charge is -2.09. The molecular weight excluding hydrogens is 451 g/mol. The summed E-state index contributed by atoms with van der Waals surface area (Å²) in [5.74, 6) is -1.53. The van der Waals surface area contributed by atoms with Gasteiger partial charge in [0.1, 0.15) is 0 Å². The zero-order valence-electron chi connectivity index (χ0n) is 16.2. The number of carbonyl (C=O) groups excluding carboxylic acids is 1. The third-order valence-electron chi connectivity index (χ3n) is 4.48. The Labute approximate surface area is 180 Å². The van der Waals surface area contributed by atoms with E-state index < -0.39 is 33.6 Å². The third-order valence-corrected chi connectivity index (χ3v) is 5.41. The van der Waals surface area contributed by atoms with Crippen LogP contribution in [0.25, 0.3) is 16.9 Å². The molecule has 0 aliphatic carbocycles. The minimum absolute atomic E-state index is 0.0465. The lowest BCUT2D eigenvalue weighted by molar-refractivity contribution is -0.141. The molecule has 1 aromatic heterocycles. The quantitative estimate of drug-likeness (QED) is 0.513. The van der Waals surface area contributed by atoms with E-state index in [-0.39, 0.29) is 34.7 Å². The number of benzene rings is 2. The minimum Gasteiger partial charge on any atom is -0.481 e. The number of alkyl halides is 3. The number of primary sulfonamides is 1. The molecule has 3 aromatic rings. The molecule has 0 radical (unpaired) electrons. The van der Waals surface area contributed by atoms with Gasteiger partial charge in [0.2, 0.25) is 10.0 Å². The van der Waals surface area contributed by atoms with Crippen LogP contribution in [0.1, 0.15) is 28.9 Å². The van der Waals surface area contributed by atoms with Crippen LogP contribution in [0.3, 0.4) is 0 Å². The Morgan fingerprint density at radius 2 is 1.59 bits per heavy atom. The SMILES string of the molecule is NS(=O)(=O)c1ccc(-n2nc(C(F)(F)F)cc2-c2ccc(C(=O)CCC(=O)O)cc2)cc1. The normalized spacial score (nSPS) is 12.0. The van der Waals surface area contributed by atoms with Crippen molar-refractivity contribution in [1.82, 2.24) is 9.78 Å². The molecule has 0 unspecified atom stereocenters. The summed E-state index contributed by atoms with van der Waals surface area (Å²) in [6.45, 7) is 0. The maximum atomic E-state index is 13.3. The number of aliphatic carboxylic acids is 1. The highest BCUT2D eigenvalue weighted by Crippen LogP contribution is 2.33. The van der Waals surface area contributed by atoms with Gasteiger partial charge in [-0.15, -0.1) is 0 Å². The number of carbonyl (C=O) groups is 2. The van der Waals surface area contributed by atoms with Crippen LogP contribution in [0.2, 0.25) is 0 Å². The highest BCUT2D eigenvalue weighted by atomic mass is 32.2. The van der Waals surface area contributed by atoms with E-state index in [1.807, 2.05) is 0 Å². The second kappa shape index (κ2) is 8.55. The summed E-state index contributed by atoms with van der Waals surface area (Å²) in [6.07, 6.45) is -5.27. The van der Waals surface area contributed by atoms with Crippen molar-refractivity contribution in [1.29, 1.82) is 0 Å². The number of sulfonamides is 1. The van der Waals surface area contributed by atoms with Crippen LogP contribution in [0.15, 0.2) is 59.5 Å². The van der Waals surface area contributed by atoms with Crippen LogP contribution in [0.5, 0.6) is 0 Å². The van der Waals surface area contributed by atoms with Crippen molar-refractivity contribution in [2.24, 2.45) is 5.14 Å². The van der Waals surface area contributed by atoms with Crippen molar-refractivity contribution in [2.75, 3.05) is 0 Å². The predicted molar refractivity (Wildman–Crippen MR) is 107 cm³/mol. The van der Waals surface area contributed by atoms with Gasteiger partial charge in [0, 0.05) is 17.5 Å². The Kier molecular flexibility index (Phi) is 6.19. The first-order valence-electron chi connectivity index (χ1n) is 9.02. The molecule has 0 spiro atoms. The number of carboxylic acid groups (broad SMARTS) is 1. The van der Waals surface area contributed by atoms with E-state index in [0.717, 1.165) is 22.9 Å². The minimum atomic E-state index is -4.73. The number of Topliss-reactive ketones (excluding diaryl/α,β-unsaturated/α-hetero) is 1. The van der Waals surface area contributed by atoms with Crippen LogP contribution in [0.4, 0.5) is 13.2 Å². The van der Waals surface area contributed by atoms with Crippen LogP contribution in [-0.4, -0.2) is 35.1 Å². The summed E-state index contributed by atoms with van der Waals surface area (Å²) in [6, 6.07) is 11.2. The fourth-order valence-electron chi connectivity index (χ4n) is 2.89. The Morgan fingerprint density at radius 3 is 2.09 bits per heavy atom. The molecule has 3 N–H and O–H groups in total. The van der Waals surface area contributed by atoms with Gasteiger partial charge in [-0.25, -0.2) is 18.2 Å². The first kappa shape index (κ1) is 23.2. The maximum absolute atomic E-state index is 13.3.